The van der Waals surface area contributed by atoms with Crippen molar-refractivity contribution < 1.29 is 4.79 Å². The van der Waals surface area contributed by atoms with Crippen LogP contribution < -0.4 is 0 Å². The van der Waals surface area contributed by atoms with E-state index in [0.29, 0.717) is 0 Å². The lowest BCUT2D eigenvalue weighted by atomic mass is 10.1. The molecule has 0 fully saturated rings. The number of fused-ring (bicyclic) bond motifs is 1. The number of aromatic nitrogens is 2. The number of carbonyl (C=O) groups is 1. The van der Waals surface area contributed by atoms with E-state index in [2.05, 4.69) is 16.5 Å². The lowest BCUT2D eigenvalue weighted by Crippen LogP contribution is -1.96. The molecule has 3 heteroatoms. The van der Waals surface area contributed by atoms with Crippen LogP contribution in [0.2, 0.25) is 0 Å². The lowest BCUT2D eigenvalue weighted by molar-refractivity contribution is 0.112. The van der Waals surface area contributed by atoms with Gasteiger partial charge in [0.2, 0.25) is 0 Å². The number of carbonyl (C=O) groups excluding carboxylic acids is 1. The van der Waals surface area contributed by atoms with Gasteiger partial charge < -0.3 is 4.57 Å². The number of pyridine rings is 1. The predicted molar refractivity (Wildman–Crippen MR) is 64.8 cm³/mol. The van der Waals surface area contributed by atoms with Crippen LogP contribution >= 0.6 is 0 Å². The largest absolute Gasteiger partial charge is 0.332 e. The van der Waals surface area contributed by atoms with Gasteiger partial charge in [0.25, 0.3) is 0 Å². The second kappa shape index (κ2) is 4.47. The molecule has 0 aliphatic rings. The van der Waals surface area contributed by atoms with E-state index in [1.54, 1.807) is 6.20 Å². The van der Waals surface area contributed by atoms with E-state index in [1.165, 1.54) is 0 Å². The van der Waals surface area contributed by atoms with Crippen molar-refractivity contribution in [2.75, 3.05) is 0 Å². The third-order valence-electron chi connectivity index (χ3n) is 2.87. The molecule has 0 saturated heterocycles. The first-order valence-electron chi connectivity index (χ1n) is 5.67. The minimum atomic E-state index is 0.747. The molecule has 84 valence electrons. The van der Waals surface area contributed by atoms with Crippen LogP contribution in [0.5, 0.6) is 0 Å². The summed E-state index contributed by atoms with van der Waals surface area (Å²) in [7, 11) is 0. The summed E-state index contributed by atoms with van der Waals surface area (Å²) < 4.78 is 2.08. The summed E-state index contributed by atoms with van der Waals surface area (Å²) in [5.41, 5.74) is 2.79. The average molecular weight is 216 g/mol. The van der Waals surface area contributed by atoms with Crippen LogP contribution in [0.1, 0.15) is 35.7 Å². The number of unbranched alkanes of at least 4 members (excludes halogenated alkanes) is 1. The van der Waals surface area contributed by atoms with E-state index in [0.717, 1.165) is 47.8 Å². The number of hydrogen-bond donors (Lipinski definition) is 0. The van der Waals surface area contributed by atoms with Gasteiger partial charge in [-0.2, -0.15) is 0 Å². The van der Waals surface area contributed by atoms with E-state index < -0.39 is 0 Å². The van der Waals surface area contributed by atoms with Gasteiger partial charge >= 0.3 is 0 Å². The molecule has 0 aliphatic heterocycles. The Labute approximate surface area is 95.1 Å². The average Bonchev–Trinajstić information content (AvgIpc) is 2.66. The Morgan fingerprint density at radius 2 is 2.31 bits per heavy atom. The van der Waals surface area contributed by atoms with Crippen LogP contribution in [-0.4, -0.2) is 15.8 Å². The minimum Gasteiger partial charge on any atom is -0.332 e. The first-order valence-corrected chi connectivity index (χ1v) is 5.67. The van der Waals surface area contributed by atoms with Crippen molar-refractivity contribution in [2.45, 2.75) is 33.2 Å². The van der Waals surface area contributed by atoms with Crippen molar-refractivity contribution in [1.82, 2.24) is 9.55 Å². The molecule has 0 spiro atoms. The zero-order valence-corrected chi connectivity index (χ0v) is 9.73. The quantitative estimate of drug-likeness (QED) is 0.736. The Bertz CT molecular complexity index is 514. The zero-order chi connectivity index (χ0) is 11.5. The summed E-state index contributed by atoms with van der Waals surface area (Å²) in [6.45, 7) is 5.10. The fourth-order valence-electron chi connectivity index (χ4n) is 2.00. The van der Waals surface area contributed by atoms with Crippen LogP contribution in [0.3, 0.4) is 0 Å². The van der Waals surface area contributed by atoms with Crippen molar-refractivity contribution in [1.29, 1.82) is 0 Å². The molecule has 2 aromatic heterocycles. The predicted octanol–water partition coefficient (Wildman–Crippen LogP) is 2.96. The second-order valence-electron chi connectivity index (χ2n) is 4.08. The van der Waals surface area contributed by atoms with Gasteiger partial charge in [-0.25, -0.2) is 4.98 Å². The molecule has 0 atom stereocenters. The summed E-state index contributed by atoms with van der Waals surface area (Å²) in [5, 5.41) is 0.994. The molecule has 0 radical (unpaired) electrons. The third kappa shape index (κ3) is 1.73. The molecule has 16 heavy (non-hydrogen) atoms. The van der Waals surface area contributed by atoms with Gasteiger partial charge in [0.05, 0.1) is 0 Å². The van der Waals surface area contributed by atoms with E-state index in [1.807, 2.05) is 19.2 Å². The Balaban J connectivity index is 2.59. The molecule has 0 amide bonds. The van der Waals surface area contributed by atoms with Gasteiger partial charge in [0.15, 0.2) is 6.29 Å². The topological polar surface area (TPSA) is 34.9 Å². The van der Waals surface area contributed by atoms with E-state index in [9.17, 15) is 4.79 Å². The first kappa shape index (κ1) is 10.9. The molecular formula is C13H16N2O. The summed E-state index contributed by atoms with van der Waals surface area (Å²) in [4.78, 5) is 15.4. The molecule has 0 bridgehead atoms. The number of hydrogen-bond acceptors (Lipinski definition) is 2. The monoisotopic (exact) mass is 216 g/mol. The number of nitrogens with zero attached hydrogens (tertiary/aromatic N) is 2. The SMILES string of the molecule is CCCCn1cc(C=O)c2c(C)ccnc21. The fraction of sp³-hybridized carbons (Fsp3) is 0.385. The van der Waals surface area contributed by atoms with Gasteiger partial charge in [0.1, 0.15) is 5.65 Å². The molecule has 0 unspecified atom stereocenters. The Hall–Kier alpha value is -1.64. The van der Waals surface area contributed by atoms with Crippen LogP contribution in [0, 0.1) is 6.92 Å². The number of aryl methyl sites for hydroxylation is 2. The highest BCUT2D eigenvalue weighted by Gasteiger charge is 2.10. The molecule has 0 saturated carbocycles. The van der Waals surface area contributed by atoms with Crippen LogP contribution in [0.4, 0.5) is 0 Å². The maximum atomic E-state index is 11.0. The fourth-order valence-corrected chi connectivity index (χ4v) is 2.00. The van der Waals surface area contributed by atoms with Crippen molar-refractivity contribution in [3.63, 3.8) is 0 Å². The van der Waals surface area contributed by atoms with Gasteiger partial charge in [-0.3, -0.25) is 4.79 Å². The highest BCUT2D eigenvalue weighted by Crippen LogP contribution is 2.22. The molecule has 0 aliphatic carbocycles. The summed E-state index contributed by atoms with van der Waals surface area (Å²) in [6.07, 6.45) is 6.88. The smallest absolute Gasteiger partial charge is 0.152 e. The van der Waals surface area contributed by atoms with Crippen LogP contribution in [0.15, 0.2) is 18.5 Å². The van der Waals surface area contributed by atoms with Crippen LogP contribution in [0.25, 0.3) is 11.0 Å². The van der Waals surface area contributed by atoms with Crippen molar-refractivity contribution in [2.24, 2.45) is 0 Å². The summed E-state index contributed by atoms with van der Waals surface area (Å²) in [5.74, 6) is 0. The Kier molecular flexibility index (Phi) is 3.04. The van der Waals surface area contributed by atoms with E-state index in [4.69, 9.17) is 0 Å². The molecule has 3 nitrogen and oxygen atoms in total. The molecule has 0 aromatic carbocycles. The Morgan fingerprint density at radius 3 is 3.00 bits per heavy atom. The highest BCUT2D eigenvalue weighted by molar-refractivity contribution is 5.97. The highest BCUT2D eigenvalue weighted by atomic mass is 16.1. The molecule has 2 rings (SSSR count). The van der Waals surface area contributed by atoms with Crippen LogP contribution in [-0.2, 0) is 6.54 Å². The van der Waals surface area contributed by atoms with Crippen molar-refractivity contribution in [3.05, 3.63) is 29.6 Å². The maximum absolute atomic E-state index is 11.0. The normalized spacial score (nSPS) is 10.9. The van der Waals surface area contributed by atoms with Gasteiger partial charge in [-0.05, 0) is 25.0 Å². The van der Waals surface area contributed by atoms with Gasteiger partial charge in [-0.1, -0.05) is 13.3 Å². The third-order valence-corrected chi connectivity index (χ3v) is 2.87. The first-order chi connectivity index (χ1) is 7.77. The zero-order valence-electron chi connectivity index (χ0n) is 9.73. The van der Waals surface area contributed by atoms with Crippen molar-refractivity contribution in [3.8, 4) is 0 Å². The molecule has 2 heterocycles. The second-order valence-corrected chi connectivity index (χ2v) is 4.08. The molecular weight excluding hydrogens is 200 g/mol. The molecule has 0 N–H and O–H groups in total. The molecule has 2 aromatic rings. The van der Waals surface area contributed by atoms with Gasteiger partial charge in [-0.15, -0.1) is 0 Å². The van der Waals surface area contributed by atoms with E-state index in [-0.39, 0.29) is 0 Å². The lowest BCUT2D eigenvalue weighted by Gasteiger charge is -2.03. The van der Waals surface area contributed by atoms with Gasteiger partial charge in [0, 0.05) is 29.9 Å². The van der Waals surface area contributed by atoms with Crippen molar-refractivity contribution >= 4 is 17.3 Å². The van der Waals surface area contributed by atoms with E-state index >= 15 is 0 Å². The number of rotatable bonds is 4. The number of aldehydes is 1. The Morgan fingerprint density at radius 1 is 1.50 bits per heavy atom. The summed E-state index contributed by atoms with van der Waals surface area (Å²) >= 11 is 0. The standard InChI is InChI=1S/C13H16N2O/c1-3-4-7-15-8-11(9-16)12-10(2)5-6-14-13(12)15/h5-6,8-9H,3-4,7H2,1-2H3. The maximum Gasteiger partial charge on any atom is 0.152 e. The summed E-state index contributed by atoms with van der Waals surface area (Å²) in [6, 6.07) is 1.94. The minimum absolute atomic E-state index is 0.747.